The molecule has 1 saturated carbocycles. The number of Topliss-reactive ketones (excluding diaryl/α,β-unsaturated/α-hetero) is 1. The van der Waals surface area contributed by atoms with Gasteiger partial charge >= 0.3 is 0 Å². The fourth-order valence-corrected chi connectivity index (χ4v) is 8.11. The average molecular weight is 688 g/mol. The predicted octanol–water partition coefficient (Wildman–Crippen LogP) is 8.32. The van der Waals surface area contributed by atoms with Crippen molar-refractivity contribution in [3.8, 4) is 22.7 Å². The number of aromatic nitrogens is 3. The van der Waals surface area contributed by atoms with Crippen molar-refractivity contribution in [1.29, 1.82) is 0 Å². The quantitative estimate of drug-likeness (QED) is 0.162. The lowest BCUT2D eigenvalue weighted by atomic mass is 9.89. The van der Waals surface area contributed by atoms with E-state index in [1.54, 1.807) is 13.8 Å². The second kappa shape index (κ2) is 12.7. The van der Waals surface area contributed by atoms with E-state index in [9.17, 15) is 9.59 Å². The van der Waals surface area contributed by atoms with Crippen LogP contribution in [0.1, 0.15) is 101 Å². The van der Waals surface area contributed by atoms with Crippen LogP contribution >= 0.6 is 0 Å². The van der Waals surface area contributed by atoms with Gasteiger partial charge in [0.2, 0.25) is 11.8 Å². The number of rotatable bonds is 8. The van der Waals surface area contributed by atoms with E-state index < -0.39 is 11.7 Å². The van der Waals surface area contributed by atoms with Gasteiger partial charge in [-0.05, 0) is 121 Å². The Kier molecular flexibility index (Phi) is 8.42. The molecule has 0 spiro atoms. The second-order valence-corrected chi connectivity index (χ2v) is 16.1. The molecule has 8 rings (SSSR count). The lowest BCUT2D eigenvalue weighted by molar-refractivity contribution is -0.138. The van der Waals surface area contributed by atoms with E-state index in [1.807, 2.05) is 44.7 Å². The molecule has 266 valence electrons. The molecule has 2 aromatic carbocycles. The van der Waals surface area contributed by atoms with Crippen LogP contribution in [0.4, 0.5) is 0 Å². The minimum atomic E-state index is -0.762. The molecule has 3 aliphatic rings. The fourth-order valence-electron chi connectivity index (χ4n) is 8.11. The number of oxazole rings is 1. The zero-order chi connectivity index (χ0) is 35.8. The summed E-state index contributed by atoms with van der Waals surface area (Å²) in [7, 11) is 0. The maximum Gasteiger partial charge on any atom is 0.246 e. The first-order chi connectivity index (χ1) is 24.3. The van der Waals surface area contributed by atoms with Gasteiger partial charge in [0, 0.05) is 49.4 Å². The van der Waals surface area contributed by atoms with Crippen LogP contribution in [0.5, 0.6) is 0 Å². The smallest absolute Gasteiger partial charge is 0.246 e. The van der Waals surface area contributed by atoms with E-state index in [-0.39, 0.29) is 11.7 Å². The van der Waals surface area contributed by atoms with Crippen LogP contribution in [0.15, 0.2) is 53.1 Å². The van der Waals surface area contributed by atoms with Gasteiger partial charge in [-0.15, -0.1) is 0 Å². The summed E-state index contributed by atoms with van der Waals surface area (Å²) in [6.07, 6.45) is 6.16. The summed E-state index contributed by atoms with van der Waals surface area (Å²) in [5, 5.41) is 0. The minimum Gasteiger partial charge on any atom is -0.434 e. The van der Waals surface area contributed by atoms with Crippen LogP contribution < -0.4 is 0 Å². The van der Waals surface area contributed by atoms with Gasteiger partial charge in [-0.25, -0.2) is 9.97 Å². The topological polar surface area (TPSA) is 93.7 Å². The minimum absolute atomic E-state index is 0.0585. The molecule has 0 N–H and O–H groups in total. The Morgan fingerprint density at radius 3 is 2.25 bits per heavy atom. The van der Waals surface area contributed by atoms with Crippen LogP contribution in [0, 0.1) is 13.8 Å². The van der Waals surface area contributed by atoms with Gasteiger partial charge in [0.05, 0.1) is 16.6 Å². The lowest BCUT2D eigenvalue weighted by Gasteiger charge is -2.47. The third-order valence-corrected chi connectivity index (χ3v) is 11.0. The highest BCUT2D eigenvalue weighted by Crippen LogP contribution is 2.44. The number of carbonyl (C=O) groups is 2. The summed E-state index contributed by atoms with van der Waals surface area (Å²) in [5.41, 5.74) is 9.72. The predicted molar refractivity (Wildman–Crippen MR) is 200 cm³/mol. The molecule has 3 aromatic heterocycles. The van der Waals surface area contributed by atoms with Gasteiger partial charge in [-0.3, -0.25) is 14.5 Å². The van der Waals surface area contributed by atoms with Crippen LogP contribution in [0.2, 0.25) is 0 Å². The molecule has 1 atom stereocenters. The first-order valence-electron chi connectivity index (χ1n) is 18.6. The number of ketones is 1. The van der Waals surface area contributed by atoms with Gasteiger partial charge in [-0.1, -0.05) is 29.8 Å². The Balaban J connectivity index is 1.19. The molecule has 51 heavy (non-hydrogen) atoms. The number of piperidine rings is 1. The molecule has 1 aliphatic carbocycles. The van der Waals surface area contributed by atoms with Crippen molar-refractivity contribution in [3.05, 3.63) is 70.9 Å². The summed E-state index contributed by atoms with van der Waals surface area (Å²) in [6, 6.07) is 15.6. The third kappa shape index (κ3) is 6.40. The highest BCUT2D eigenvalue weighted by Gasteiger charge is 2.37. The van der Waals surface area contributed by atoms with Crippen LogP contribution in [-0.4, -0.2) is 73.8 Å². The molecule has 0 bridgehead atoms. The number of amides is 1. The van der Waals surface area contributed by atoms with Crippen molar-refractivity contribution in [3.63, 3.8) is 0 Å². The molecule has 1 unspecified atom stereocenters. The van der Waals surface area contributed by atoms with Crippen molar-refractivity contribution in [2.24, 2.45) is 0 Å². The second-order valence-electron chi connectivity index (χ2n) is 16.1. The number of hydrogen-bond acceptors (Lipinski definition) is 7. The SMILES string of the molecule is CC(=O)C(OC(C)(C)C)c1c(C)cc2nc(-c3ccc4c(n3)c(C3CCN(C5CN(C(C)=O)C5)CC3)cn4C3CC3)oc2c1-c1ccc(C)cc1. The number of hydrogen-bond donors (Lipinski definition) is 0. The Hall–Kier alpha value is -4.34. The molecule has 2 aliphatic heterocycles. The maximum atomic E-state index is 13.2. The molecule has 3 fully saturated rings. The molecule has 9 nitrogen and oxygen atoms in total. The number of fused-ring (bicyclic) bond motifs is 2. The van der Waals surface area contributed by atoms with Crippen molar-refractivity contribution in [2.75, 3.05) is 26.2 Å². The summed E-state index contributed by atoms with van der Waals surface area (Å²) in [4.78, 5) is 39.8. The normalized spacial score (nSPS) is 18.5. The summed E-state index contributed by atoms with van der Waals surface area (Å²) in [5.74, 6) is 1.00. The van der Waals surface area contributed by atoms with Crippen molar-refractivity contribution in [1.82, 2.24) is 24.3 Å². The molecule has 0 radical (unpaired) electrons. The summed E-state index contributed by atoms with van der Waals surface area (Å²) >= 11 is 0. The van der Waals surface area contributed by atoms with E-state index >= 15 is 0 Å². The number of pyridine rings is 1. The molecule has 5 aromatic rings. The zero-order valence-electron chi connectivity index (χ0n) is 31.0. The van der Waals surface area contributed by atoms with Crippen LogP contribution in [0.3, 0.4) is 0 Å². The van der Waals surface area contributed by atoms with Crippen molar-refractivity contribution < 1.29 is 18.7 Å². The Morgan fingerprint density at radius 2 is 1.63 bits per heavy atom. The van der Waals surface area contributed by atoms with Gasteiger partial charge in [-0.2, -0.15) is 0 Å². The number of benzene rings is 2. The summed E-state index contributed by atoms with van der Waals surface area (Å²) in [6.45, 7) is 17.0. The third-order valence-electron chi connectivity index (χ3n) is 11.0. The van der Waals surface area contributed by atoms with Gasteiger partial charge in [0.1, 0.15) is 17.3 Å². The summed E-state index contributed by atoms with van der Waals surface area (Å²) < 4.78 is 15.6. The van der Waals surface area contributed by atoms with E-state index in [4.69, 9.17) is 19.1 Å². The van der Waals surface area contributed by atoms with E-state index in [2.05, 4.69) is 52.9 Å². The van der Waals surface area contributed by atoms with E-state index in [1.165, 1.54) is 23.9 Å². The molecule has 2 saturated heterocycles. The van der Waals surface area contributed by atoms with E-state index in [0.717, 1.165) is 77.9 Å². The molecule has 5 heterocycles. The highest BCUT2D eigenvalue weighted by molar-refractivity contribution is 5.98. The molecular weight excluding hydrogens is 638 g/mol. The molecular formula is C42H49N5O4. The first-order valence-corrected chi connectivity index (χ1v) is 18.6. The van der Waals surface area contributed by atoms with Crippen molar-refractivity contribution in [2.45, 2.75) is 104 Å². The zero-order valence-corrected chi connectivity index (χ0v) is 31.0. The first kappa shape index (κ1) is 33.8. The van der Waals surface area contributed by atoms with E-state index in [0.29, 0.717) is 35.2 Å². The number of carbonyl (C=O) groups excluding carboxylic acids is 2. The Bertz CT molecular complexity index is 2140. The number of aryl methyl sites for hydroxylation is 2. The Morgan fingerprint density at radius 1 is 0.922 bits per heavy atom. The number of nitrogens with zero attached hydrogens (tertiary/aromatic N) is 5. The van der Waals surface area contributed by atoms with Crippen LogP contribution in [0.25, 0.3) is 44.8 Å². The van der Waals surface area contributed by atoms with Gasteiger partial charge in [0.15, 0.2) is 11.4 Å². The molecule has 9 heteroatoms. The van der Waals surface area contributed by atoms with Crippen molar-refractivity contribution >= 4 is 33.8 Å². The van der Waals surface area contributed by atoms with Crippen LogP contribution in [-0.2, 0) is 14.3 Å². The Labute approximate surface area is 300 Å². The van der Waals surface area contributed by atoms with Gasteiger partial charge in [0.25, 0.3) is 0 Å². The molecule has 1 amide bonds. The highest BCUT2D eigenvalue weighted by atomic mass is 16.5. The number of likely N-dealkylation sites (tertiary alicyclic amines) is 2. The lowest BCUT2D eigenvalue weighted by Crippen LogP contribution is -2.61. The van der Waals surface area contributed by atoms with Gasteiger partial charge < -0.3 is 18.6 Å². The monoisotopic (exact) mass is 687 g/mol. The maximum absolute atomic E-state index is 13.2. The standard InChI is InChI=1S/C42H49N5O4/c1-24-8-10-29(11-9-24)37-36(39(26(3)48)51-42(5,6)7)25(2)20-34-40(37)50-41(44-34)33-14-15-35-38(43-33)32(23-47(35)30-12-13-30)28-16-18-45(19-17-28)31-21-46(22-31)27(4)49/h8-11,14-15,20,23,28,30-31,39H,12-13,16-19,21-22H2,1-7H3. The fraction of sp³-hybridized carbons (Fsp3) is 0.476. The largest absolute Gasteiger partial charge is 0.434 e. The average Bonchev–Trinajstić information content (AvgIpc) is 3.70. The number of ether oxygens (including phenoxy) is 1.